The molecule has 2 aromatic carbocycles. The lowest BCUT2D eigenvalue weighted by Gasteiger charge is -2.17. The molecule has 1 heterocycles. The first-order valence-corrected chi connectivity index (χ1v) is 8.77. The van der Waals surface area contributed by atoms with Crippen LogP contribution in [0.15, 0.2) is 60.7 Å². The van der Waals surface area contributed by atoms with Crippen molar-refractivity contribution in [1.29, 1.82) is 0 Å². The molecule has 0 unspecified atom stereocenters. The standard InChI is InChI=1S/C21H24N2O2/c24-21(25-17-19-7-2-1-3-8-19)22-14-6-9-18-10-12-20(13-11-18)23-15-4-5-16-23/h1-3,6-13H,4-5,14-17H2,(H,22,24). The van der Waals surface area contributed by atoms with Crippen molar-refractivity contribution in [3.05, 3.63) is 71.8 Å². The Kier molecular flexibility index (Phi) is 6.10. The molecule has 0 bridgehead atoms. The zero-order valence-corrected chi connectivity index (χ0v) is 14.4. The van der Waals surface area contributed by atoms with Crippen LogP contribution in [0.4, 0.5) is 10.5 Å². The number of benzene rings is 2. The maximum Gasteiger partial charge on any atom is 0.407 e. The third kappa shape index (κ3) is 5.38. The maximum absolute atomic E-state index is 11.6. The lowest BCUT2D eigenvalue weighted by molar-refractivity contribution is 0.141. The summed E-state index contributed by atoms with van der Waals surface area (Å²) in [5.41, 5.74) is 3.39. The quantitative estimate of drug-likeness (QED) is 0.858. The van der Waals surface area contributed by atoms with Crippen LogP contribution in [0, 0.1) is 0 Å². The normalized spacial score (nSPS) is 14.0. The van der Waals surface area contributed by atoms with Gasteiger partial charge in [-0.3, -0.25) is 0 Å². The molecule has 4 nitrogen and oxygen atoms in total. The number of nitrogens with one attached hydrogen (secondary N) is 1. The number of carbonyl (C=O) groups is 1. The summed E-state index contributed by atoms with van der Waals surface area (Å²) in [5.74, 6) is 0. The molecule has 0 saturated carbocycles. The minimum atomic E-state index is -0.405. The monoisotopic (exact) mass is 336 g/mol. The van der Waals surface area contributed by atoms with Crippen LogP contribution >= 0.6 is 0 Å². The van der Waals surface area contributed by atoms with Gasteiger partial charge in [-0.05, 0) is 36.1 Å². The minimum absolute atomic E-state index is 0.286. The smallest absolute Gasteiger partial charge is 0.407 e. The van der Waals surface area contributed by atoms with Crippen LogP contribution in [0.25, 0.3) is 6.08 Å². The number of hydrogen-bond donors (Lipinski definition) is 1. The molecule has 0 spiro atoms. The van der Waals surface area contributed by atoms with Gasteiger partial charge in [0, 0.05) is 25.3 Å². The van der Waals surface area contributed by atoms with Crippen LogP contribution < -0.4 is 10.2 Å². The lowest BCUT2D eigenvalue weighted by Crippen LogP contribution is -2.24. The van der Waals surface area contributed by atoms with Gasteiger partial charge < -0.3 is 15.0 Å². The Morgan fingerprint density at radius 1 is 1.04 bits per heavy atom. The summed E-state index contributed by atoms with van der Waals surface area (Å²) >= 11 is 0. The molecule has 0 aliphatic carbocycles. The summed E-state index contributed by atoms with van der Waals surface area (Å²) in [4.78, 5) is 14.1. The van der Waals surface area contributed by atoms with E-state index < -0.39 is 6.09 Å². The zero-order chi connectivity index (χ0) is 17.3. The third-order valence-corrected chi connectivity index (χ3v) is 4.25. The summed E-state index contributed by atoms with van der Waals surface area (Å²) in [6, 6.07) is 18.2. The molecule has 25 heavy (non-hydrogen) atoms. The Morgan fingerprint density at radius 2 is 1.76 bits per heavy atom. The van der Waals surface area contributed by atoms with E-state index in [0.29, 0.717) is 6.54 Å². The van der Waals surface area contributed by atoms with Gasteiger partial charge in [0.2, 0.25) is 0 Å². The third-order valence-electron chi connectivity index (χ3n) is 4.25. The number of alkyl carbamates (subject to hydrolysis) is 1. The molecule has 130 valence electrons. The maximum atomic E-state index is 11.6. The van der Waals surface area contributed by atoms with E-state index in [4.69, 9.17) is 4.74 Å². The Labute approximate surface area is 149 Å². The van der Waals surface area contributed by atoms with Crippen LogP contribution in [0.1, 0.15) is 24.0 Å². The molecule has 1 amide bonds. The van der Waals surface area contributed by atoms with E-state index in [1.165, 1.54) is 18.5 Å². The fourth-order valence-corrected chi connectivity index (χ4v) is 2.88. The van der Waals surface area contributed by atoms with E-state index in [-0.39, 0.29) is 6.61 Å². The van der Waals surface area contributed by atoms with E-state index in [0.717, 1.165) is 24.2 Å². The van der Waals surface area contributed by atoms with Crippen LogP contribution in [0.5, 0.6) is 0 Å². The second-order valence-corrected chi connectivity index (χ2v) is 6.13. The van der Waals surface area contributed by atoms with E-state index in [9.17, 15) is 4.79 Å². The Balaban J connectivity index is 1.38. The molecule has 2 aromatic rings. The molecule has 1 aliphatic rings. The van der Waals surface area contributed by atoms with Gasteiger partial charge in [-0.25, -0.2) is 4.79 Å². The highest BCUT2D eigenvalue weighted by molar-refractivity contribution is 5.67. The summed E-state index contributed by atoms with van der Waals surface area (Å²) in [6.07, 6.45) is 6.10. The van der Waals surface area contributed by atoms with E-state index in [1.54, 1.807) is 0 Å². The van der Waals surface area contributed by atoms with Gasteiger partial charge in [0.1, 0.15) is 6.61 Å². The van der Waals surface area contributed by atoms with Crippen LogP contribution in [0.3, 0.4) is 0 Å². The van der Waals surface area contributed by atoms with Gasteiger partial charge in [-0.15, -0.1) is 0 Å². The Morgan fingerprint density at radius 3 is 2.48 bits per heavy atom. The van der Waals surface area contributed by atoms with Gasteiger partial charge in [0.05, 0.1) is 0 Å². The van der Waals surface area contributed by atoms with Gasteiger partial charge in [0.25, 0.3) is 0 Å². The second-order valence-electron chi connectivity index (χ2n) is 6.13. The Bertz CT molecular complexity index is 690. The van der Waals surface area contributed by atoms with Gasteiger partial charge in [-0.1, -0.05) is 54.6 Å². The molecule has 0 radical (unpaired) electrons. The predicted octanol–water partition coefficient (Wildman–Crippen LogP) is 4.23. The van der Waals surface area contributed by atoms with E-state index in [1.807, 2.05) is 42.5 Å². The molecule has 0 aromatic heterocycles. The van der Waals surface area contributed by atoms with Crippen molar-refractivity contribution in [3.8, 4) is 0 Å². The molecule has 1 fully saturated rings. The summed E-state index contributed by atoms with van der Waals surface area (Å²) < 4.78 is 5.16. The Hall–Kier alpha value is -2.75. The predicted molar refractivity (Wildman–Crippen MR) is 102 cm³/mol. The van der Waals surface area contributed by atoms with E-state index in [2.05, 4.69) is 34.5 Å². The van der Waals surface area contributed by atoms with Crippen molar-refractivity contribution in [3.63, 3.8) is 0 Å². The highest BCUT2D eigenvalue weighted by Gasteiger charge is 2.11. The van der Waals surface area contributed by atoms with Crippen LogP contribution in [-0.4, -0.2) is 25.7 Å². The SMILES string of the molecule is O=C(NCC=Cc1ccc(N2CCCC2)cc1)OCc1ccccc1. The number of hydrogen-bond acceptors (Lipinski definition) is 3. The zero-order valence-electron chi connectivity index (χ0n) is 14.4. The highest BCUT2D eigenvalue weighted by atomic mass is 16.5. The molecule has 4 heteroatoms. The molecule has 0 atom stereocenters. The van der Waals surface area contributed by atoms with Crippen molar-refractivity contribution in [1.82, 2.24) is 5.32 Å². The molecular formula is C21H24N2O2. The number of carbonyl (C=O) groups excluding carboxylic acids is 1. The first-order chi connectivity index (χ1) is 12.3. The largest absolute Gasteiger partial charge is 0.445 e. The summed E-state index contributed by atoms with van der Waals surface area (Å²) in [5, 5.41) is 2.72. The topological polar surface area (TPSA) is 41.6 Å². The fraction of sp³-hybridized carbons (Fsp3) is 0.286. The van der Waals surface area contributed by atoms with Gasteiger partial charge >= 0.3 is 6.09 Å². The summed E-state index contributed by atoms with van der Waals surface area (Å²) in [6.45, 7) is 3.05. The average Bonchev–Trinajstić information content (AvgIpc) is 3.20. The minimum Gasteiger partial charge on any atom is -0.445 e. The number of amides is 1. The second kappa shape index (κ2) is 8.92. The lowest BCUT2D eigenvalue weighted by atomic mass is 10.2. The number of anilines is 1. The van der Waals surface area contributed by atoms with Gasteiger partial charge in [0.15, 0.2) is 0 Å². The first kappa shape index (κ1) is 17.1. The fourth-order valence-electron chi connectivity index (χ4n) is 2.88. The van der Waals surface area contributed by atoms with Crippen molar-refractivity contribution in [2.75, 3.05) is 24.5 Å². The highest BCUT2D eigenvalue weighted by Crippen LogP contribution is 2.20. The van der Waals surface area contributed by atoms with Crippen molar-refractivity contribution in [2.45, 2.75) is 19.4 Å². The van der Waals surface area contributed by atoms with Gasteiger partial charge in [-0.2, -0.15) is 0 Å². The number of rotatable bonds is 6. The average molecular weight is 336 g/mol. The number of ether oxygens (including phenoxy) is 1. The van der Waals surface area contributed by atoms with Crippen molar-refractivity contribution >= 4 is 17.9 Å². The molecule has 1 N–H and O–H groups in total. The van der Waals surface area contributed by atoms with Crippen molar-refractivity contribution < 1.29 is 9.53 Å². The molecular weight excluding hydrogens is 312 g/mol. The molecule has 1 aliphatic heterocycles. The molecule has 1 saturated heterocycles. The van der Waals surface area contributed by atoms with E-state index >= 15 is 0 Å². The van der Waals surface area contributed by atoms with Crippen LogP contribution in [-0.2, 0) is 11.3 Å². The molecule has 3 rings (SSSR count). The summed E-state index contributed by atoms with van der Waals surface area (Å²) in [7, 11) is 0. The number of nitrogens with zero attached hydrogens (tertiary/aromatic N) is 1. The van der Waals surface area contributed by atoms with Crippen molar-refractivity contribution in [2.24, 2.45) is 0 Å². The van der Waals surface area contributed by atoms with Crippen LogP contribution in [0.2, 0.25) is 0 Å². The first-order valence-electron chi connectivity index (χ1n) is 8.77.